The predicted molar refractivity (Wildman–Crippen MR) is 105 cm³/mol. The molecule has 0 saturated carbocycles. The van der Waals surface area contributed by atoms with Gasteiger partial charge in [0.2, 0.25) is 11.8 Å². The molecule has 1 heterocycles. The number of rotatable bonds is 6. The quantitative estimate of drug-likeness (QED) is 0.817. The first-order valence-corrected chi connectivity index (χ1v) is 8.60. The molecule has 1 atom stereocenters. The Kier molecular flexibility index (Phi) is 7.18. The standard InChI is InChI=1S/C20H23N3O2.ClH/c21-11-6-12-23(14-15-7-2-1-3-8-15)20(25)17-13-19(24)22-18-10-5-4-9-16(17)18;/h1-5,7-10,17H,6,11-14,21H2,(H,22,24);1H. The minimum atomic E-state index is -0.438. The van der Waals surface area contributed by atoms with Gasteiger partial charge in [-0.1, -0.05) is 48.5 Å². The van der Waals surface area contributed by atoms with Crippen LogP contribution < -0.4 is 11.1 Å². The van der Waals surface area contributed by atoms with Crippen LogP contribution in [0.25, 0.3) is 0 Å². The van der Waals surface area contributed by atoms with E-state index in [1.807, 2.05) is 59.5 Å². The Balaban J connectivity index is 0.00000243. The number of amides is 2. The summed E-state index contributed by atoms with van der Waals surface area (Å²) in [7, 11) is 0. The Morgan fingerprint density at radius 2 is 1.81 bits per heavy atom. The van der Waals surface area contributed by atoms with Crippen molar-refractivity contribution < 1.29 is 9.59 Å². The van der Waals surface area contributed by atoms with Crippen molar-refractivity contribution in [1.82, 2.24) is 4.90 Å². The fourth-order valence-electron chi connectivity index (χ4n) is 3.21. The summed E-state index contributed by atoms with van der Waals surface area (Å²) >= 11 is 0. The number of nitrogens with two attached hydrogens (primary N) is 1. The van der Waals surface area contributed by atoms with Crippen molar-refractivity contribution >= 4 is 29.9 Å². The highest BCUT2D eigenvalue weighted by molar-refractivity contribution is 6.01. The van der Waals surface area contributed by atoms with Crippen LogP contribution in [-0.2, 0) is 16.1 Å². The minimum Gasteiger partial charge on any atom is -0.338 e. The number of nitrogens with one attached hydrogen (secondary N) is 1. The third kappa shape index (κ3) is 4.62. The monoisotopic (exact) mass is 373 g/mol. The second kappa shape index (κ2) is 9.36. The average molecular weight is 374 g/mol. The van der Waals surface area contributed by atoms with Gasteiger partial charge < -0.3 is 16.0 Å². The van der Waals surface area contributed by atoms with E-state index in [2.05, 4.69) is 5.32 Å². The molecule has 0 aromatic heterocycles. The lowest BCUT2D eigenvalue weighted by Crippen LogP contribution is -2.39. The molecule has 0 aliphatic carbocycles. The summed E-state index contributed by atoms with van der Waals surface area (Å²) in [6.45, 7) is 1.64. The SMILES string of the molecule is Cl.NCCCN(Cc1ccccc1)C(=O)C1CC(=O)Nc2ccccc21. The topological polar surface area (TPSA) is 75.4 Å². The second-order valence-electron chi connectivity index (χ2n) is 6.28. The van der Waals surface area contributed by atoms with Gasteiger partial charge in [-0.15, -0.1) is 12.4 Å². The molecule has 1 aliphatic heterocycles. The van der Waals surface area contributed by atoms with Gasteiger partial charge in [0, 0.05) is 25.2 Å². The smallest absolute Gasteiger partial charge is 0.231 e. The Morgan fingerprint density at radius 1 is 1.12 bits per heavy atom. The number of hydrogen-bond donors (Lipinski definition) is 2. The van der Waals surface area contributed by atoms with Crippen LogP contribution in [0, 0.1) is 0 Å². The average Bonchev–Trinajstić information content (AvgIpc) is 2.64. The van der Waals surface area contributed by atoms with Crippen LogP contribution in [0.3, 0.4) is 0 Å². The second-order valence-corrected chi connectivity index (χ2v) is 6.28. The Bertz CT molecular complexity index is 752. The Labute approximate surface area is 160 Å². The predicted octanol–water partition coefficient (Wildman–Crippen LogP) is 2.91. The lowest BCUT2D eigenvalue weighted by atomic mass is 9.89. The number of anilines is 1. The highest BCUT2D eigenvalue weighted by atomic mass is 35.5. The van der Waals surface area contributed by atoms with E-state index in [1.165, 1.54) is 0 Å². The molecule has 5 nitrogen and oxygen atoms in total. The zero-order valence-electron chi connectivity index (χ0n) is 14.6. The third-order valence-electron chi connectivity index (χ3n) is 4.46. The first kappa shape index (κ1) is 19.9. The summed E-state index contributed by atoms with van der Waals surface area (Å²) in [4.78, 5) is 27.1. The maximum absolute atomic E-state index is 13.2. The van der Waals surface area contributed by atoms with Crippen molar-refractivity contribution in [3.05, 3.63) is 65.7 Å². The fourth-order valence-corrected chi connectivity index (χ4v) is 3.21. The normalized spacial score (nSPS) is 15.4. The number of carbonyl (C=O) groups is 2. The summed E-state index contributed by atoms with van der Waals surface area (Å²) in [5.74, 6) is -0.568. The molecule has 2 aromatic carbocycles. The zero-order valence-corrected chi connectivity index (χ0v) is 15.4. The Morgan fingerprint density at radius 3 is 2.54 bits per heavy atom. The molecule has 1 unspecified atom stereocenters. The van der Waals surface area contributed by atoms with Gasteiger partial charge in [0.05, 0.1) is 5.92 Å². The van der Waals surface area contributed by atoms with Crippen molar-refractivity contribution in [3.63, 3.8) is 0 Å². The maximum atomic E-state index is 13.2. The van der Waals surface area contributed by atoms with Crippen molar-refractivity contribution in [2.24, 2.45) is 5.73 Å². The van der Waals surface area contributed by atoms with E-state index in [1.54, 1.807) is 0 Å². The Hall–Kier alpha value is -2.37. The number of hydrogen-bond acceptors (Lipinski definition) is 3. The highest BCUT2D eigenvalue weighted by Gasteiger charge is 2.33. The van der Waals surface area contributed by atoms with Gasteiger partial charge in [-0.25, -0.2) is 0 Å². The summed E-state index contributed by atoms with van der Waals surface area (Å²) in [6, 6.07) is 17.4. The molecule has 0 radical (unpaired) electrons. The van der Waals surface area contributed by atoms with Crippen LogP contribution in [0.15, 0.2) is 54.6 Å². The molecule has 26 heavy (non-hydrogen) atoms. The molecule has 0 bridgehead atoms. The minimum absolute atomic E-state index is 0. The van der Waals surface area contributed by atoms with E-state index in [0.29, 0.717) is 19.6 Å². The largest absolute Gasteiger partial charge is 0.338 e. The van der Waals surface area contributed by atoms with Gasteiger partial charge >= 0.3 is 0 Å². The number of benzene rings is 2. The summed E-state index contributed by atoms with van der Waals surface area (Å²) < 4.78 is 0. The zero-order chi connectivity index (χ0) is 17.6. The van der Waals surface area contributed by atoms with Crippen molar-refractivity contribution in [1.29, 1.82) is 0 Å². The van der Waals surface area contributed by atoms with E-state index >= 15 is 0 Å². The van der Waals surface area contributed by atoms with Gasteiger partial charge in [-0.2, -0.15) is 0 Å². The molecule has 138 valence electrons. The molecule has 3 rings (SSSR count). The number of fused-ring (bicyclic) bond motifs is 1. The fraction of sp³-hybridized carbons (Fsp3) is 0.300. The van der Waals surface area contributed by atoms with E-state index in [-0.39, 0.29) is 30.6 Å². The van der Waals surface area contributed by atoms with E-state index in [9.17, 15) is 9.59 Å². The van der Waals surface area contributed by atoms with E-state index < -0.39 is 5.92 Å². The molecule has 6 heteroatoms. The number of nitrogens with zero attached hydrogens (tertiary/aromatic N) is 1. The van der Waals surface area contributed by atoms with Gasteiger partial charge in [0.25, 0.3) is 0 Å². The number of halogens is 1. The van der Waals surface area contributed by atoms with Gasteiger partial charge in [0.15, 0.2) is 0 Å². The van der Waals surface area contributed by atoms with Gasteiger partial charge in [0.1, 0.15) is 0 Å². The first-order chi connectivity index (χ1) is 12.2. The van der Waals surface area contributed by atoms with Crippen LogP contribution in [0.1, 0.15) is 29.9 Å². The van der Waals surface area contributed by atoms with Crippen LogP contribution >= 0.6 is 12.4 Å². The van der Waals surface area contributed by atoms with Crippen molar-refractivity contribution in [2.75, 3.05) is 18.4 Å². The highest BCUT2D eigenvalue weighted by Crippen LogP contribution is 2.33. The molecule has 2 aromatic rings. The van der Waals surface area contributed by atoms with Crippen LogP contribution in [0.5, 0.6) is 0 Å². The maximum Gasteiger partial charge on any atom is 0.231 e. The van der Waals surface area contributed by atoms with E-state index in [0.717, 1.165) is 23.2 Å². The summed E-state index contributed by atoms with van der Waals surface area (Å²) in [5.41, 5.74) is 8.34. The third-order valence-corrected chi connectivity index (χ3v) is 4.46. The molecule has 0 spiro atoms. The summed E-state index contributed by atoms with van der Waals surface area (Å²) in [6.07, 6.45) is 0.920. The first-order valence-electron chi connectivity index (χ1n) is 8.60. The van der Waals surface area contributed by atoms with Crippen LogP contribution in [0.4, 0.5) is 5.69 Å². The molecular weight excluding hydrogens is 350 g/mol. The molecule has 0 saturated heterocycles. The molecule has 1 aliphatic rings. The molecular formula is C20H24ClN3O2. The summed E-state index contributed by atoms with van der Waals surface area (Å²) in [5, 5.41) is 2.85. The number of para-hydroxylation sites is 1. The molecule has 0 fully saturated rings. The lowest BCUT2D eigenvalue weighted by molar-refractivity contribution is -0.135. The van der Waals surface area contributed by atoms with Gasteiger partial charge in [-0.3, -0.25) is 9.59 Å². The van der Waals surface area contributed by atoms with Gasteiger partial charge in [-0.05, 0) is 30.2 Å². The van der Waals surface area contributed by atoms with Crippen molar-refractivity contribution in [2.45, 2.75) is 25.3 Å². The van der Waals surface area contributed by atoms with Crippen LogP contribution in [-0.4, -0.2) is 29.8 Å². The lowest BCUT2D eigenvalue weighted by Gasteiger charge is -2.31. The van der Waals surface area contributed by atoms with Crippen LogP contribution in [0.2, 0.25) is 0 Å². The molecule has 3 N–H and O–H groups in total. The molecule has 2 amide bonds. The van der Waals surface area contributed by atoms with E-state index in [4.69, 9.17) is 5.73 Å². The number of carbonyl (C=O) groups excluding carboxylic acids is 2. The van der Waals surface area contributed by atoms with Crippen molar-refractivity contribution in [3.8, 4) is 0 Å².